The molecule has 0 saturated heterocycles. The Balaban J connectivity index is 1.96. The minimum absolute atomic E-state index is 0.112. The van der Waals surface area contributed by atoms with E-state index in [1.54, 1.807) is 0 Å². The molecule has 1 heterocycles. The van der Waals surface area contributed by atoms with Crippen LogP contribution in [0.4, 0.5) is 0 Å². The summed E-state index contributed by atoms with van der Waals surface area (Å²) in [6.07, 6.45) is 5.55. The first-order chi connectivity index (χ1) is 8.75. The molecule has 0 amide bonds. The molecule has 3 rings (SSSR count). The zero-order valence-electron chi connectivity index (χ0n) is 10.6. The molecule has 0 N–H and O–H groups in total. The van der Waals surface area contributed by atoms with Gasteiger partial charge in [0.15, 0.2) is 0 Å². The summed E-state index contributed by atoms with van der Waals surface area (Å²) >= 11 is 0. The van der Waals surface area contributed by atoms with Gasteiger partial charge < -0.3 is 0 Å². The predicted molar refractivity (Wildman–Crippen MR) is 69.5 cm³/mol. The number of fused-ring (bicyclic) bond motifs is 1. The number of carbonyl (C=O) groups is 1. The summed E-state index contributed by atoms with van der Waals surface area (Å²) in [6, 6.07) is 5.90. The second kappa shape index (κ2) is 4.52. The van der Waals surface area contributed by atoms with E-state index in [1.165, 1.54) is 11.1 Å². The van der Waals surface area contributed by atoms with Crippen LogP contribution in [0.15, 0.2) is 18.2 Å². The number of benzene rings is 1. The highest BCUT2D eigenvalue weighted by atomic mass is 16.2. The Labute approximate surface area is 106 Å². The van der Waals surface area contributed by atoms with Crippen molar-refractivity contribution in [1.82, 2.24) is 15.0 Å². The highest BCUT2D eigenvalue weighted by Crippen LogP contribution is 2.26. The second-order valence-electron chi connectivity index (χ2n) is 5.17. The molecule has 0 radical (unpaired) electrons. The lowest BCUT2D eigenvalue weighted by molar-refractivity contribution is 0.0788. The van der Waals surface area contributed by atoms with Crippen LogP contribution >= 0.6 is 0 Å². The average molecular weight is 243 g/mol. The lowest BCUT2D eigenvalue weighted by atomic mass is 9.89. The predicted octanol–water partition coefficient (Wildman–Crippen LogP) is 2.96. The molecule has 1 aliphatic carbocycles. The van der Waals surface area contributed by atoms with Crippen molar-refractivity contribution in [3.05, 3.63) is 23.8 Å². The van der Waals surface area contributed by atoms with Gasteiger partial charge in [-0.15, -0.1) is 5.10 Å². The summed E-state index contributed by atoms with van der Waals surface area (Å²) in [5.74, 6) is 0.242. The van der Waals surface area contributed by atoms with Crippen molar-refractivity contribution < 1.29 is 4.79 Å². The molecular weight excluding hydrogens is 226 g/mol. The zero-order valence-corrected chi connectivity index (χ0v) is 10.6. The molecule has 1 saturated carbocycles. The normalized spacial score (nSPS) is 17.2. The van der Waals surface area contributed by atoms with Crippen LogP contribution in [0, 0.1) is 12.8 Å². The maximum absolute atomic E-state index is 12.4. The first-order valence-corrected chi connectivity index (χ1v) is 6.62. The molecular formula is C14H17N3O. The SMILES string of the molecule is Cc1ccc2c(c1)nnn2C(=O)C1CCCCC1. The fourth-order valence-electron chi connectivity index (χ4n) is 2.72. The second-order valence-corrected chi connectivity index (χ2v) is 5.17. The van der Waals surface area contributed by atoms with Crippen molar-refractivity contribution in [1.29, 1.82) is 0 Å². The van der Waals surface area contributed by atoms with Gasteiger partial charge in [0.25, 0.3) is 5.91 Å². The van der Waals surface area contributed by atoms with Crippen LogP contribution in [0.2, 0.25) is 0 Å². The number of rotatable bonds is 1. The molecule has 4 heteroatoms. The molecule has 0 aliphatic heterocycles. The Morgan fingerprint density at radius 1 is 1.28 bits per heavy atom. The summed E-state index contributed by atoms with van der Waals surface area (Å²) in [5.41, 5.74) is 2.77. The van der Waals surface area contributed by atoms with Crippen LogP contribution in [0.3, 0.4) is 0 Å². The van der Waals surface area contributed by atoms with E-state index in [2.05, 4.69) is 10.3 Å². The van der Waals surface area contributed by atoms with Gasteiger partial charge in [0.1, 0.15) is 5.52 Å². The Morgan fingerprint density at radius 3 is 2.83 bits per heavy atom. The van der Waals surface area contributed by atoms with E-state index in [-0.39, 0.29) is 11.8 Å². The smallest absolute Gasteiger partial charge is 0.251 e. The molecule has 0 atom stereocenters. The van der Waals surface area contributed by atoms with Crippen molar-refractivity contribution in [2.75, 3.05) is 0 Å². The highest BCUT2D eigenvalue weighted by Gasteiger charge is 2.24. The lowest BCUT2D eigenvalue weighted by Gasteiger charge is -2.19. The van der Waals surface area contributed by atoms with Gasteiger partial charge in [-0.25, -0.2) is 0 Å². The number of carbonyl (C=O) groups excluding carboxylic acids is 1. The van der Waals surface area contributed by atoms with Crippen molar-refractivity contribution in [2.45, 2.75) is 39.0 Å². The van der Waals surface area contributed by atoms with E-state index in [0.717, 1.165) is 42.3 Å². The molecule has 1 aromatic heterocycles. The summed E-state index contributed by atoms with van der Waals surface area (Å²) in [5, 5.41) is 8.12. The van der Waals surface area contributed by atoms with Crippen LogP contribution in [0.25, 0.3) is 11.0 Å². The number of hydrogen-bond donors (Lipinski definition) is 0. The van der Waals surface area contributed by atoms with Gasteiger partial charge in [0.2, 0.25) is 0 Å². The Kier molecular flexibility index (Phi) is 2.86. The van der Waals surface area contributed by atoms with Crippen LogP contribution in [-0.2, 0) is 0 Å². The standard InChI is InChI=1S/C14H17N3O/c1-10-7-8-13-12(9-10)15-16-17(13)14(18)11-5-3-2-4-6-11/h7-9,11H,2-6H2,1H3. The molecule has 0 unspecified atom stereocenters. The molecule has 94 valence electrons. The number of aryl methyl sites for hydroxylation is 1. The Hall–Kier alpha value is -1.71. The van der Waals surface area contributed by atoms with Crippen LogP contribution in [0.1, 0.15) is 42.5 Å². The molecule has 1 fully saturated rings. The summed E-state index contributed by atoms with van der Waals surface area (Å²) in [4.78, 5) is 12.4. The maximum Gasteiger partial charge on any atom is 0.251 e. The largest absolute Gasteiger partial charge is 0.272 e. The van der Waals surface area contributed by atoms with Crippen LogP contribution < -0.4 is 0 Å². The van der Waals surface area contributed by atoms with E-state index >= 15 is 0 Å². The van der Waals surface area contributed by atoms with Gasteiger partial charge in [-0.1, -0.05) is 30.5 Å². The van der Waals surface area contributed by atoms with E-state index in [1.807, 2.05) is 25.1 Å². The number of aromatic nitrogens is 3. The Morgan fingerprint density at radius 2 is 2.06 bits per heavy atom. The average Bonchev–Trinajstić information content (AvgIpc) is 2.81. The van der Waals surface area contributed by atoms with E-state index in [4.69, 9.17) is 0 Å². The van der Waals surface area contributed by atoms with Gasteiger partial charge >= 0.3 is 0 Å². The van der Waals surface area contributed by atoms with Gasteiger partial charge in [-0.05, 0) is 37.5 Å². The molecule has 2 aromatic rings. The number of hydrogen-bond acceptors (Lipinski definition) is 3. The molecule has 18 heavy (non-hydrogen) atoms. The lowest BCUT2D eigenvalue weighted by Crippen LogP contribution is -2.24. The molecule has 1 aromatic carbocycles. The quantitative estimate of drug-likeness (QED) is 0.773. The highest BCUT2D eigenvalue weighted by molar-refractivity contribution is 5.90. The summed E-state index contributed by atoms with van der Waals surface area (Å²) in [6.45, 7) is 2.02. The van der Waals surface area contributed by atoms with E-state index < -0.39 is 0 Å². The van der Waals surface area contributed by atoms with Crippen molar-refractivity contribution in [3.8, 4) is 0 Å². The van der Waals surface area contributed by atoms with E-state index in [9.17, 15) is 4.79 Å². The fraction of sp³-hybridized carbons (Fsp3) is 0.500. The monoisotopic (exact) mass is 243 g/mol. The summed E-state index contributed by atoms with van der Waals surface area (Å²) < 4.78 is 1.49. The van der Waals surface area contributed by atoms with Crippen molar-refractivity contribution >= 4 is 16.9 Å². The topological polar surface area (TPSA) is 47.8 Å². The minimum Gasteiger partial charge on any atom is -0.272 e. The fourth-order valence-corrected chi connectivity index (χ4v) is 2.72. The van der Waals surface area contributed by atoms with Gasteiger partial charge in [-0.3, -0.25) is 4.79 Å². The van der Waals surface area contributed by atoms with Gasteiger partial charge in [0.05, 0.1) is 5.52 Å². The van der Waals surface area contributed by atoms with Crippen LogP contribution in [0.5, 0.6) is 0 Å². The van der Waals surface area contributed by atoms with E-state index in [0.29, 0.717) is 0 Å². The summed E-state index contributed by atoms with van der Waals surface area (Å²) in [7, 11) is 0. The Bertz CT molecular complexity index is 582. The van der Waals surface area contributed by atoms with Gasteiger partial charge in [-0.2, -0.15) is 4.68 Å². The molecule has 0 spiro atoms. The molecule has 4 nitrogen and oxygen atoms in total. The van der Waals surface area contributed by atoms with Crippen molar-refractivity contribution in [3.63, 3.8) is 0 Å². The third-order valence-corrected chi connectivity index (χ3v) is 3.76. The van der Waals surface area contributed by atoms with Crippen molar-refractivity contribution in [2.24, 2.45) is 5.92 Å². The number of nitrogens with zero attached hydrogens (tertiary/aromatic N) is 3. The van der Waals surface area contributed by atoms with Crippen LogP contribution in [-0.4, -0.2) is 20.9 Å². The van der Waals surface area contributed by atoms with Gasteiger partial charge in [0, 0.05) is 5.92 Å². The first kappa shape index (κ1) is 11.4. The third-order valence-electron chi connectivity index (χ3n) is 3.76. The minimum atomic E-state index is 0.112. The molecule has 0 bridgehead atoms. The maximum atomic E-state index is 12.4. The third kappa shape index (κ3) is 1.92. The zero-order chi connectivity index (χ0) is 12.5. The molecule has 1 aliphatic rings. The first-order valence-electron chi connectivity index (χ1n) is 6.62.